The lowest BCUT2D eigenvalue weighted by Crippen LogP contribution is -2.33. The second kappa shape index (κ2) is 7.15. The second-order valence-corrected chi connectivity index (χ2v) is 7.36. The van der Waals surface area contributed by atoms with Crippen molar-refractivity contribution in [3.05, 3.63) is 93.3 Å². The number of rotatable bonds is 2. The van der Waals surface area contributed by atoms with Gasteiger partial charge in [0, 0.05) is 17.5 Å². The van der Waals surface area contributed by atoms with Crippen molar-refractivity contribution in [1.82, 2.24) is 0 Å². The Bertz CT molecular complexity index is 1340. The third-order valence-electron chi connectivity index (χ3n) is 5.08. The molecule has 5 rings (SSSR count). The summed E-state index contributed by atoms with van der Waals surface area (Å²) < 4.78 is 38.9. The molecule has 1 aromatic heterocycles. The van der Waals surface area contributed by atoms with E-state index < -0.39 is 17.3 Å². The predicted molar refractivity (Wildman–Crippen MR) is 111 cm³/mol. The van der Waals surface area contributed by atoms with Gasteiger partial charge in [0.2, 0.25) is 0 Å². The minimum absolute atomic E-state index is 0.0172. The maximum atomic E-state index is 14.3. The summed E-state index contributed by atoms with van der Waals surface area (Å²) in [5.74, 6) is -0.988. The molecular weight excluding hydrogens is 412 g/mol. The minimum atomic E-state index is -0.709. The summed E-state index contributed by atoms with van der Waals surface area (Å²) >= 11 is 6.48. The number of hydrogen-bond donors (Lipinski definition) is 0. The van der Waals surface area contributed by atoms with Crippen molar-refractivity contribution >= 4 is 28.3 Å². The molecule has 0 atom stereocenters. The fourth-order valence-corrected chi connectivity index (χ4v) is 4.02. The zero-order valence-electron chi connectivity index (χ0n) is 15.5. The monoisotopic (exact) mass is 425 g/mol. The zero-order valence-corrected chi connectivity index (χ0v) is 16.2. The van der Waals surface area contributed by atoms with Gasteiger partial charge in [-0.15, -0.1) is 0 Å². The van der Waals surface area contributed by atoms with Crippen LogP contribution in [0.25, 0.3) is 22.1 Å². The van der Waals surface area contributed by atoms with Crippen molar-refractivity contribution in [3.8, 4) is 16.9 Å². The van der Waals surface area contributed by atoms with Crippen LogP contribution in [0.15, 0.2) is 69.9 Å². The standard InChI is InChI=1S/C23H14ClF2NO3/c24-18-9-16-15(13-4-2-1-3-5-13)10-21(28)30-22(16)17-11-27(12-29-23(17)18)20-7-6-14(25)8-19(20)26/h1-10H,11-12H2. The van der Waals surface area contributed by atoms with Gasteiger partial charge in [-0.05, 0) is 29.3 Å². The molecule has 3 aromatic carbocycles. The Balaban J connectivity index is 1.70. The van der Waals surface area contributed by atoms with Crippen molar-refractivity contribution in [3.63, 3.8) is 0 Å². The van der Waals surface area contributed by atoms with Crippen molar-refractivity contribution in [1.29, 1.82) is 0 Å². The predicted octanol–water partition coefficient (Wildman–Crippen LogP) is 5.75. The maximum Gasteiger partial charge on any atom is 0.336 e. The van der Waals surface area contributed by atoms with E-state index in [0.717, 1.165) is 11.6 Å². The van der Waals surface area contributed by atoms with Crippen LogP contribution in [0.4, 0.5) is 14.5 Å². The first-order chi connectivity index (χ1) is 14.5. The molecule has 0 spiro atoms. The van der Waals surface area contributed by atoms with E-state index in [2.05, 4.69) is 0 Å². The molecule has 150 valence electrons. The van der Waals surface area contributed by atoms with Gasteiger partial charge in [-0.25, -0.2) is 13.6 Å². The van der Waals surface area contributed by atoms with Gasteiger partial charge >= 0.3 is 5.63 Å². The molecule has 0 amide bonds. The summed E-state index contributed by atoms with van der Waals surface area (Å²) in [5.41, 5.74) is 2.03. The highest BCUT2D eigenvalue weighted by Gasteiger charge is 2.27. The van der Waals surface area contributed by atoms with Gasteiger partial charge in [-0.3, -0.25) is 0 Å². The average Bonchev–Trinajstić information content (AvgIpc) is 2.74. The Morgan fingerprint density at radius 1 is 1.00 bits per heavy atom. The Morgan fingerprint density at radius 3 is 2.57 bits per heavy atom. The van der Waals surface area contributed by atoms with Gasteiger partial charge in [-0.2, -0.15) is 0 Å². The average molecular weight is 426 g/mol. The lowest BCUT2D eigenvalue weighted by atomic mass is 9.99. The van der Waals surface area contributed by atoms with E-state index in [0.29, 0.717) is 32.9 Å². The largest absolute Gasteiger partial charge is 0.471 e. The van der Waals surface area contributed by atoms with Gasteiger partial charge < -0.3 is 14.1 Å². The third kappa shape index (κ3) is 3.09. The van der Waals surface area contributed by atoms with Crippen LogP contribution in [0.5, 0.6) is 5.75 Å². The van der Waals surface area contributed by atoms with Gasteiger partial charge in [0.05, 0.1) is 22.8 Å². The molecule has 4 nitrogen and oxygen atoms in total. The van der Waals surface area contributed by atoms with Crippen LogP contribution in [0, 0.1) is 11.6 Å². The highest BCUT2D eigenvalue weighted by molar-refractivity contribution is 6.33. The Morgan fingerprint density at radius 2 is 1.80 bits per heavy atom. The Kier molecular flexibility index (Phi) is 4.44. The maximum absolute atomic E-state index is 14.3. The van der Waals surface area contributed by atoms with Crippen molar-refractivity contribution < 1.29 is 17.9 Å². The summed E-state index contributed by atoms with van der Waals surface area (Å²) in [5, 5.41) is 1.01. The van der Waals surface area contributed by atoms with Crippen LogP contribution < -0.4 is 15.3 Å². The van der Waals surface area contributed by atoms with Crippen molar-refractivity contribution in [2.45, 2.75) is 6.54 Å². The second-order valence-electron chi connectivity index (χ2n) is 6.96. The first kappa shape index (κ1) is 18.6. The minimum Gasteiger partial charge on any atom is -0.471 e. The van der Waals surface area contributed by atoms with Gasteiger partial charge in [0.25, 0.3) is 0 Å². The molecule has 30 heavy (non-hydrogen) atoms. The Hall–Kier alpha value is -3.38. The lowest BCUT2D eigenvalue weighted by Gasteiger charge is -2.31. The van der Waals surface area contributed by atoms with E-state index in [1.807, 2.05) is 30.3 Å². The van der Waals surface area contributed by atoms with Crippen LogP contribution in [0.1, 0.15) is 5.56 Å². The molecule has 0 unspecified atom stereocenters. The summed E-state index contributed by atoms with van der Waals surface area (Å²) in [7, 11) is 0. The number of halogens is 3. The molecule has 0 N–H and O–H groups in total. The summed E-state index contributed by atoms with van der Waals surface area (Å²) in [6.45, 7) is 0.194. The van der Waals surface area contributed by atoms with Crippen molar-refractivity contribution in [2.75, 3.05) is 11.6 Å². The molecule has 1 aliphatic heterocycles. The Labute approximate surface area is 174 Å². The molecule has 7 heteroatoms. The molecule has 0 saturated carbocycles. The topological polar surface area (TPSA) is 42.7 Å². The first-order valence-corrected chi connectivity index (χ1v) is 9.56. The number of nitrogens with zero attached hydrogens (tertiary/aromatic N) is 1. The SMILES string of the molecule is O=c1cc(-c2ccccc2)c2cc(Cl)c3c(c2o1)CN(c1ccc(F)cc1F)CO3. The fourth-order valence-electron chi connectivity index (χ4n) is 3.74. The summed E-state index contributed by atoms with van der Waals surface area (Å²) in [4.78, 5) is 13.9. The normalized spacial score (nSPS) is 13.2. The van der Waals surface area contributed by atoms with E-state index in [1.54, 1.807) is 11.0 Å². The summed E-state index contributed by atoms with van der Waals surface area (Å²) in [6.07, 6.45) is 0. The molecule has 1 aliphatic rings. The highest BCUT2D eigenvalue weighted by atomic mass is 35.5. The van der Waals surface area contributed by atoms with Crippen molar-refractivity contribution in [2.24, 2.45) is 0 Å². The molecule has 0 fully saturated rings. The smallest absolute Gasteiger partial charge is 0.336 e. The number of fused-ring (bicyclic) bond motifs is 3. The molecule has 0 bridgehead atoms. The molecular formula is C23H14ClF2NO3. The molecule has 0 saturated heterocycles. The lowest BCUT2D eigenvalue weighted by molar-refractivity contribution is 0.287. The van der Waals surface area contributed by atoms with Crippen LogP contribution in [0.3, 0.4) is 0 Å². The zero-order chi connectivity index (χ0) is 20.8. The molecule has 4 aromatic rings. The van der Waals surface area contributed by atoms with E-state index in [9.17, 15) is 13.6 Å². The fraction of sp³-hybridized carbons (Fsp3) is 0.0870. The van der Waals surface area contributed by atoms with Gasteiger partial charge in [0.15, 0.2) is 6.73 Å². The van der Waals surface area contributed by atoms with E-state index in [-0.39, 0.29) is 19.0 Å². The van der Waals surface area contributed by atoms with Gasteiger partial charge in [0.1, 0.15) is 23.0 Å². The van der Waals surface area contributed by atoms with E-state index in [4.69, 9.17) is 20.8 Å². The molecule has 2 heterocycles. The number of ether oxygens (including phenoxy) is 1. The number of hydrogen-bond acceptors (Lipinski definition) is 4. The van der Waals surface area contributed by atoms with E-state index in [1.165, 1.54) is 18.2 Å². The number of benzene rings is 3. The molecule has 0 radical (unpaired) electrons. The van der Waals surface area contributed by atoms with Crippen LogP contribution in [-0.4, -0.2) is 6.73 Å². The van der Waals surface area contributed by atoms with Crippen LogP contribution in [0.2, 0.25) is 5.02 Å². The van der Waals surface area contributed by atoms with Crippen LogP contribution >= 0.6 is 11.6 Å². The first-order valence-electron chi connectivity index (χ1n) is 9.19. The summed E-state index contributed by atoms with van der Waals surface area (Å²) in [6, 6.07) is 15.9. The van der Waals surface area contributed by atoms with E-state index >= 15 is 0 Å². The quantitative estimate of drug-likeness (QED) is 0.384. The third-order valence-corrected chi connectivity index (χ3v) is 5.37. The van der Waals surface area contributed by atoms with Gasteiger partial charge in [-0.1, -0.05) is 41.9 Å². The highest BCUT2D eigenvalue weighted by Crippen LogP contribution is 2.42. The van der Waals surface area contributed by atoms with Crippen LogP contribution in [-0.2, 0) is 6.54 Å². The number of anilines is 1. The molecule has 0 aliphatic carbocycles.